The molecule has 16 nitrogen and oxygen atoms in total. The van der Waals surface area contributed by atoms with E-state index in [1.165, 1.54) is 39.3 Å². The highest BCUT2D eigenvalue weighted by Crippen LogP contribution is 2.38. The van der Waals surface area contributed by atoms with Crippen molar-refractivity contribution in [3.8, 4) is 11.5 Å². The van der Waals surface area contributed by atoms with E-state index in [2.05, 4.69) is 19.5 Å². The summed E-state index contributed by atoms with van der Waals surface area (Å²) >= 11 is 0. The largest absolute Gasteiger partial charge is 0.495 e. The lowest BCUT2D eigenvalue weighted by atomic mass is 10.2. The molecule has 0 unspecified atom stereocenters. The van der Waals surface area contributed by atoms with Gasteiger partial charge in [-0.25, -0.2) is 12.6 Å². The van der Waals surface area contributed by atoms with Crippen LogP contribution in [0.2, 0.25) is 0 Å². The van der Waals surface area contributed by atoms with Gasteiger partial charge in [-0.15, -0.1) is 0 Å². The lowest BCUT2D eigenvalue weighted by Gasteiger charge is -2.14. The molecule has 0 spiro atoms. The average molecular weight is 607 g/mol. The van der Waals surface area contributed by atoms with E-state index in [0.717, 1.165) is 23.2 Å². The van der Waals surface area contributed by atoms with E-state index in [4.69, 9.17) is 18.6 Å². The number of hydrazone groups is 1. The first-order valence-corrected chi connectivity index (χ1v) is 15.0. The number of rotatable bonds is 11. The molecule has 19 heteroatoms. The molecule has 3 rings (SSSR count). The summed E-state index contributed by atoms with van der Waals surface area (Å²) in [5.74, 6) is -1.72. The van der Waals surface area contributed by atoms with Crippen molar-refractivity contribution in [3.05, 3.63) is 36.4 Å². The Bertz CT molecular complexity index is 1650. The van der Waals surface area contributed by atoms with Crippen molar-refractivity contribution in [1.29, 1.82) is 0 Å². The van der Waals surface area contributed by atoms with E-state index in [-0.39, 0.29) is 38.4 Å². The number of azo groups is 1. The van der Waals surface area contributed by atoms with E-state index in [9.17, 15) is 30.0 Å². The van der Waals surface area contributed by atoms with E-state index < -0.39 is 54.7 Å². The van der Waals surface area contributed by atoms with Crippen LogP contribution in [-0.2, 0) is 39.3 Å². The minimum absolute atomic E-state index is 0.0148. The van der Waals surface area contributed by atoms with Crippen LogP contribution in [0.1, 0.15) is 6.92 Å². The van der Waals surface area contributed by atoms with Gasteiger partial charge < -0.3 is 9.47 Å². The minimum atomic E-state index is -4.84. The lowest BCUT2D eigenvalue weighted by molar-refractivity contribution is -0.117. The second-order valence-electron chi connectivity index (χ2n) is 7.72. The van der Waals surface area contributed by atoms with Crippen LogP contribution in [-0.4, -0.2) is 78.6 Å². The summed E-state index contributed by atoms with van der Waals surface area (Å²) in [6.45, 7) is 0.655. The lowest BCUT2D eigenvalue weighted by Crippen LogP contribution is -2.29. The van der Waals surface area contributed by atoms with E-state index in [0.29, 0.717) is 0 Å². The van der Waals surface area contributed by atoms with Gasteiger partial charge in [-0.2, -0.15) is 37.2 Å². The number of hydrogen-bond donors (Lipinski definition) is 2. The first kappa shape index (κ1) is 30.1. The third kappa shape index (κ3) is 7.13. The maximum absolute atomic E-state index is 12.9. The molecule has 2 aromatic rings. The fourth-order valence-corrected chi connectivity index (χ4v) is 5.42. The number of benzene rings is 2. The normalized spacial score (nSPS) is 16.5. The molecule has 0 bridgehead atoms. The molecule has 1 amide bonds. The predicted octanol–water partition coefficient (Wildman–Crippen LogP) is 1.42. The second-order valence-corrected chi connectivity index (χ2v) is 12.3. The maximum atomic E-state index is 12.9. The fraction of sp³-hybridized carbons (Fsp3) is 0.300. The number of ether oxygens (including phenoxy) is 2. The SMILES string of the molecule is COc1cc(S(=O)(=O)CCOS(=O)(=O)O)c(OC)cc1N=N[C@@H]1C(=O)N(c2ccc(S(=O)(=O)O)cc2)N=C1C. The molecule has 39 heavy (non-hydrogen) atoms. The van der Waals surface area contributed by atoms with Crippen molar-refractivity contribution in [2.24, 2.45) is 15.3 Å². The summed E-state index contributed by atoms with van der Waals surface area (Å²) in [4.78, 5) is 12.2. The molecule has 0 radical (unpaired) electrons. The van der Waals surface area contributed by atoms with Crippen molar-refractivity contribution < 1.29 is 52.8 Å². The van der Waals surface area contributed by atoms with E-state index in [1.807, 2.05) is 0 Å². The van der Waals surface area contributed by atoms with Crippen LogP contribution in [0.3, 0.4) is 0 Å². The number of hydrogen-bond acceptors (Lipinski definition) is 13. The molecule has 0 aliphatic carbocycles. The third-order valence-electron chi connectivity index (χ3n) is 5.14. The number of nitrogens with zero attached hydrogens (tertiary/aromatic N) is 4. The topological polar surface area (TPSA) is 228 Å². The average Bonchev–Trinajstić information content (AvgIpc) is 3.13. The zero-order chi connectivity index (χ0) is 29.2. The molecule has 212 valence electrons. The third-order valence-corrected chi connectivity index (χ3v) is 8.17. The standard InChI is InChI=1S/C20H22N4O12S3/c1-12-19(20(25)24(23-12)13-4-6-14(7-5-13)38(28,29)30)22-21-15-10-17(35-3)18(11-16(15)34-2)37(26,27)9-8-36-39(31,32)33/h4-7,10-11,19H,8-9H2,1-3H3,(H,28,29,30)(H,31,32,33)/t19-/m0/s1. The molecule has 0 saturated heterocycles. The summed E-state index contributed by atoms with van der Waals surface area (Å²) in [7, 11) is -11.0. The van der Waals surface area contributed by atoms with Gasteiger partial charge in [0.2, 0.25) is 0 Å². The molecule has 2 N–H and O–H groups in total. The second kappa shape index (κ2) is 11.3. The Labute approximate surface area is 223 Å². The molecule has 0 fully saturated rings. The van der Waals surface area contributed by atoms with Gasteiger partial charge in [0.05, 0.1) is 42.9 Å². The van der Waals surface area contributed by atoms with Gasteiger partial charge in [-0.3, -0.25) is 13.9 Å². The van der Waals surface area contributed by atoms with Crippen molar-refractivity contribution in [1.82, 2.24) is 0 Å². The van der Waals surface area contributed by atoms with Gasteiger partial charge in [0.15, 0.2) is 15.9 Å². The van der Waals surface area contributed by atoms with Gasteiger partial charge in [-0.1, -0.05) is 0 Å². The molecule has 0 saturated carbocycles. The Kier molecular flexibility index (Phi) is 8.72. The molecular formula is C20H22N4O12S3. The van der Waals surface area contributed by atoms with E-state index >= 15 is 0 Å². The molecule has 2 aromatic carbocycles. The van der Waals surface area contributed by atoms with Crippen LogP contribution in [0.4, 0.5) is 11.4 Å². The number of amides is 1. The van der Waals surface area contributed by atoms with Crippen molar-refractivity contribution in [2.45, 2.75) is 22.8 Å². The molecule has 1 aliphatic rings. The summed E-state index contributed by atoms with van der Waals surface area (Å²) in [6, 6.07) is 5.80. The number of methoxy groups -OCH3 is 2. The highest BCUT2D eigenvalue weighted by Gasteiger charge is 2.35. The van der Waals surface area contributed by atoms with Gasteiger partial charge in [0, 0.05) is 12.1 Å². The highest BCUT2D eigenvalue weighted by molar-refractivity contribution is 7.91. The van der Waals surface area contributed by atoms with Gasteiger partial charge >= 0.3 is 10.4 Å². The van der Waals surface area contributed by atoms with Crippen LogP contribution in [0.25, 0.3) is 0 Å². The number of carbonyl (C=O) groups is 1. The Morgan fingerprint density at radius 3 is 2.13 bits per heavy atom. The first-order chi connectivity index (χ1) is 18.1. The van der Waals surface area contributed by atoms with E-state index in [1.54, 1.807) is 0 Å². The van der Waals surface area contributed by atoms with Gasteiger partial charge in [0.25, 0.3) is 16.0 Å². The van der Waals surface area contributed by atoms with Crippen LogP contribution in [0.5, 0.6) is 11.5 Å². The van der Waals surface area contributed by atoms with Crippen molar-refractivity contribution >= 4 is 53.3 Å². The molecule has 1 aliphatic heterocycles. The zero-order valence-corrected chi connectivity index (χ0v) is 22.9. The van der Waals surface area contributed by atoms with Crippen molar-refractivity contribution in [3.63, 3.8) is 0 Å². The molecule has 1 atom stereocenters. The maximum Gasteiger partial charge on any atom is 0.397 e. The highest BCUT2D eigenvalue weighted by atomic mass is 32.3. The van der Waals surface area contributed by atoms with Gasteiger partial charge in [-0.05, 0) is 31.2 Å². The summed E-state index contributed by atoms with van der Waals surface area (Å²) in [5, 5.41) is 13.1. The Morgan fingerprint density at radius 2 is 1.59 bits per heavy atom. The van der Waals surface area contributed by atoms with Crippen LogP contribution < -0.4 is 14.5 Å². The number of carbonyl (C=O) groups excluding carboxylic acids is 1. The van der Waals surface area contributed by atoms with Crippen LogP contribution >= 0.6 is 0 Å². The van der Waals surface area contributed by atoms with Crippen LogP contribution in [0, 0.1) is 0 Å². The molecule has 1 heterocycles. The summed E-state index contributed by atoms with van der Waals surface area (Å²) in [6.07, 6.45) is 0. The quantitative estimate of drug-likeness (QED) is 0.273. The number of sulfone groups is 1. The first-order valence-electron chi connectivity index (χ1n) is 10.6. The fourth-order valence-electron chi connectivity index (χ4n) is 3.29. The Morgan fingerprint density at radius 1 is 0.974 bits per heavy atom. The Balaban J connectivity index is 1.87. The monoisotopic (exact) mass is 606 g/mol. The predicted molar refractivity (Wildman–Crippen MR) is 134 cm³/mol. The summed E-state index contributed by atoms with van der Waals surface area (Å²) < 4.78 is 101. The summed E-state index contributed by atoms with van der Waals surface area (Å²) in [5.41, 5.74) is 0.432. The number of anilines is 1. The smallest absolute Gasteiger partial charge is 0.397 e. The zero-order valence-electron chi connectivity index (χ0n) is 20.4. The van der Waals surface area contributed by atoms with Crippen LogP contribution in [0.15, 0.2) is 61.5 Å². The van der Waals surface area contributed by atoms with Crippen molar-refractivity contribution in [2.75, 3.05) is 31.6 Å². The molecular weight excluding hydrogens is 584 g/mol. The van der Waals surface area contributed by atoms with Gasteiger partial charge in [0.1, 0.15) is 22.1 Å². The Hall–Kier alpha value is -3.49. The minimum Gasteiger partial charge on any atom is -0.495 e. The molecule has 0 aromatic heterocycles.